The van der Waals surface area contributed by atoms with Gasteiger partial charge in [-0.1, -0.05) is 26.5 Å². The molecule has 0 aliphatic rings. The monoisotopic (exact) mass is 247 g/mol. The Labute approximate surface area is 93.5 Å². The van der Waals surface area contributed by atoms with Crippen LogP contribution in [-0.4, -0.2) is 31.2 Å². The van der Waals surface area contributed by atoms with E-state index in [2.05, 4.69) is 27.1 Å². The van der Waals surface area contributed by atoms with E-state index in [0.29, 0.717) is 0 Å². The lowest BCUT2D eigenvalue weighted by atomic mass is 10.2. The summed E-state index contributed by atoms with van der Waals surface area (Å²) in [7, 11) is 2.26. The Bertz CT molecular complexity index is 133. The van der Waals surface area contributed by atoms with Crippen molar-refractivity contribution < 1.29 is 21.5 Å². The van der Waals surface area contributed by atoms with Crippen LogP contribution in [0.1, 0.15) is 19.8 Å². The van der Waals surface area contributed by atoms with Crippen molar-refractivity contribution in [2.75, 3.05) is 26.7 Å². The Balaban J connectivity index is 0. The Hall–Kier alpha value is -0.0800. The van der Waals surface area contributed by atoms with Crippen LogP contribution in [0.4, 0.5) is 0 Å². The molecule has 0 aromatic carbocycles. The van der Waals surface area contributed by atoms with E-state index in [9.17, 15) is 0 Å². The van der Waals surface area contributed by atoms with Gasteiger partial charge in [0.05, 0.1) is 26.7 Å². The zero-order valence-electron chi connectivity index (χ0n) is 8.93. The first-order valence-corrected chi connectivity index (χ1v) is 4.74. The summed E-state index contributed by atoms with van der Waals surface area (Å²) in [5.74, 6) is 0. The average Bonchev–Trinajstić information content (AvgIpc) is 2.02. The summed E-state index contributed by atoms with van der Waals surface area (Å²) < 4.78 is 1.06. The first-order valence-electron chi connectivity index (χ1n) is 4.74. The van der Waals surface area contributed by atoms with Crippen molar-refractivity contribution in [3.05, 3.63) is 25.3 Å². The van der Waals surface area contributed by atoms with E-state index >= 15 is 0 Å². The van der Waals surface area contributed by atoms with Crippen molar-refractivity contribution in [1.29, 1.82) is 0 Å². The van der Waals surface area contributed by atoms with Gasteiger partial charge in [0.25, 0.3) is 0 Å². The van der Waals surface area contributed by atoms with Gasteiger partial charge in [-0.3, -0.25) is 0 Å². The number of hydrogen-bond acceptors (Lipinski definition) is 0. The van der Waals surface area contributed by atoms with E-state index in [0.717, 1.165) is 17.6 Å². The maximum Gasteiger partial charge on any atom is 0.0971 e. The van der Waals surface area contributed by atoms with Crippen LogP contribution in [0.2, 0.25) is 0 Å². The largest absolute Gasteiger partial charge is 1.00 e. The molecular formula is C11H22BrN. The topological polar surface area (TPSA) is 0 Å². The third-order valence-electron chi connectivity index (χ3n) is 2.19. The third kappa shape index (κ3) is 7.03. The first kappa shape index (κ1) is 15.4. The molecule has 0 saturated heterocycles. The van der Waals surface area contributed by atoms with Crippen LogP contribution in [0.15, 0.2) is 25.3 Å². The standard InChI is InChI=1S/C11H22N.BrH/c1-5-8-11-12(4,9-6-2)10-7-3;/h6-7H,2-3,5,8-11H2,1,4H3;1H/q+1;/p-1. The molecule has 0 N–H and O–H groups in total. The smallest absolute Gasteiger partial charge is 0.0971 e. The second-order valence-electron chi connectivity index (χ2n) is 3.64. The maximum absolute atomic E-state index is 3.79. The molecule has 13 heavy (non-hydrogen) atoms. The summed E-state index contributed by atoms with van der Waals surface area (Å²) in [4.78, 5) is 0. The molecule has 0 heterocycles. The first-order chi connectivity index (χ1) is 5.68. The molecule has 0 aromatic rings. The molecule has 0 unspecified atom stereocenters. The fourth-order valence-corrected chi connectivity index (χ4v) is 1.42. The molecule has 0 bridgehead atoms. The number of nitrogens with zero attached hydrogens (tertiary/aromatic N) is 1. The lowest BCUT2D eigenvalue weighted by molar-refractivity contribution is -0.898. The maximum atomic E-state index is 3.79. The summed E-state index contributed by atoms with van der Waals surface area (Å²) in [5.41, 5.74) is 0. The van der Waals surface area contributed by atoms with Gasteiger partial charge in [0.2, 0.25) is 0 Å². The SMILES string of the molecule is C=CC[N+](C)(CC=C)CCCC.[Br-]. The van der Waals surface area contributed by atoms with Crippen LogP contribution < -0.4 is 17.0 Å². The molecule has 0 rings (SSSR count). The molecule has 0 atom stereocenters. The van der Waals surface area contributed by atoms with Gasteiger partial charge in [0, 0.05) is 0 Å². The van der Waals surface area contributed by atoms with Crippen LogP contribution in [0.3, 0.4) is 0 Å². The van der Waals surface area contributed by atoms with Crippen molar-refractivity contribution in [1.82, 2.24) is 0 Å². The van der Waals surface area contributed by atoms with Crippen LogP contribution >= 0.6 is 0 Å². The van der Waals surface area contributed by atoms with E-state index in [1.54, 1.807) is 0 Å². The van der Waals surface area contributed by atoms with Gasteiger partial charge < -0.3 is 21.5 Å². The molecule has 0 saturated carbocycles. The molecule has 0 aromatic heterocycles. The van der Waals surface area contributed by atoms with Gasteiger partial charge in [0.15, 0.2) is 0 Å². The summed E-state index contributed by atoms with van der Waals surface area (Å²) in [6, 6.07) is 0. The quantitative estimate of drug-likeness (QED) is 0.425. The molecule has 78 valence electrons. The van der Waals surface area contributed by atoms with Crippen LogP contribution in [0.25, 0.3) is 0 Å². The van der Waals surface area contributed by atoms with Gasteiger partial charge in [-0.15, -0.1) is 0 Å². The molecule has 0 spiro atoms. The highest BCUT2D eigenvalue weighted by Gasteiger charge is 2.16. The second-order valence-corrected chi connectivity index (χ2v) is 3.64. The number of likely N-dealkylation sites (N-methyl/N-ethyl adjacent to an activating group) is 1. The Morgan fingerprint density at radius 2 is 1.62 bits per heavy atom. The Morgan fingerprint density at radius 3 is 1.92 bits per heavy atom. The minimum Gasteiger partial charge on any atom is -1.00 e. The van der Waals surface area contributed by atoms with Crippen molar-refractivity contribution in [3.8, 4) is 0 Å². The molecule has 0 aliphatic carbocycles. The third-order valence-corrected chi connectivity index (χ3v) is 2.19. The van der Waals surface area contributed by atoms with Gasteiger partial charge in [0.1, 0.15) is 0 Å². The second kappa shape index (κ2) is 8.52. The molecular weight excluding hydrogens is 226 g/mol. The lowest BCUT2D eigenvalue weighted by Crippen LogP contribution is -3.00. The van der Waals surface area contributed by atoms with Crippen molar-refractivity contribution in [2.45, 2.75) is 19.8 Å². The van der Waals surface area contributed by atoms with E-state index in [-0.39, 0.29) is 17.0 Å². The van der Waals surface area contributed by atoms with Crippen LogP contribution in [-0.2, 0) is 0 Å². The summed E-state index contributed by atoms with van der Waals surface area (Å²) >= 11 is 0. The van der Waals surface area contributed by atoms with Gasteiger partial charge in [-0.05, 0) is 18.6 Å². The fraction of sp³-hybridized carbons (Fsp3) is 0.636. The highest BCUT2D eigenvalue weighted by molar-refractivity contribution is 4.70. The Kier molecular flexibility index (Phi) is 10.1. The number of quaternary nitrogens is 1. The summed E-state index contributed by atoms with van der Waals surface area (Å²) in [6.45, 7) is 13.1. The van der Waals surface area contributed by atoms with Gasteiger partial charge >= 0.3 is 0 Å². The molecule has 0 aliphatic heterocycles. The van der Waals surface area contributed by atoms with Crippen molar-refractivity contribution >= 4 is 0 Å². The molecule has 1 nitrogen and oxygen atoms in total. The van der Waals surface area contributed by atoms with Crippen molar-refractivity contribution in [3.63, 3.8) is 0 Å². The molecule has 0 amide bonds. The normalized spacial score (nSPS) is 10.3. The van der Waals surface area contributed by atoms with Crippen LogP contribution in [0.5, 0.6) is 0 Å². The predicted octanol–water partition coefficient (Wildman–Crippen LogP) is -0.391. The minimum absolute atomic E-state index is 0. The number of halogens is 1. The predicted molar refractivity (Wildman–Crippen MR) is 56.1 cm³/mol. The summed E-state index contributed by atoms with van der Waals surface area (Å²) in [6.07, 6.45) is 6.55. The number of rotatable bonds is 7. The minimum atomic E-state index is 0. The highest BCUT2D eigenvalue weighted by atomic mass is 79.9. The fourth-order valence-electron chi connectivity index (χ4n) is 1.42. The zero-order chi connectivity index (χ0) is 9.45. The number of unbranched alkanes of at least 4 members (excludes halogenated alkanes) is 1. The molecule has 2 heteroatoms. The van der Waals surface area contributed by atoms with E-state index < -0.39 is 0 Å². The van der Waals surface area contributed by atoms with Crippen LogP contribution in [0, 0.1) is 0 Å². The van der Waals surface area contributed by atoms with Gasteiger partial charge in [-0.2, -0.15) is 0 Å². The van der Waals surface area contributed by atoms with E-state index in [1.165, 1.54) is 19.4 Å². The zero-order valence-corrected chi connectivity index (χ0v) is 10.5. The Morgan fingerprint density at radius 1 is 1.15 bits per heavy atom. The van der Waals surface area contributed by atoms with Gasteiger partial charge in [-0.25, -0.2) is 0 Å². The molecule has 0 fully saturated rings. The summed E-state index contributed by atoms with van der Waals surface area (Å²) in [5, 5.41) is 0. The van der Waals surface area contributed by atoms with E-state index in [4.69, 9.17) is 0 Å². The average molecular weight is 248 g/mol. The van der Waals surface area contributed by atoms with E-state index in [1.807, 2.05) is 12.2 Å². The lowest BCUT2D eigenvalue weighted by Gasteiger charge is -2.32. The highest BCUT2D eigenvalue weighted by Crippen LogP contribution is 2.05. The molecule has 0 radical (unpaired) electrons. The number of hydrogen-bond donors (Lipinski definition) is 0. The van der Waals surface area contributed by atoms with Crippen molar-refractivity contribution in [2.24, 2.45) is 0 Å².